The second kappa shape index (κ2) is 10.4. The molecule has 170 valence electrons. The van der Waals surface area contributed by atoms with Gasteiger partial charge in [0.1, 0.15) is 6.29 Å². The highest BCUT2D eigenvalue weighted by Crippen LogP contribution is 2.26. The molecule has 0 aliphatic carbocycles. The lowest BCUT2D eigenvalue weighted by molar-refractivity contribution is -0.135. The molecule has 0 saturated carbocycles. The average Bonchev–Trinajstić information content (AvgIpc) is 2.81. The summed E-state index contributed by atoms with van der Waals surface area (Å²) in [6, 6.07) is 24.0. The Morgan fingerprint density at radius 3 is 1.79 bits per heavy atom. The van der Waals surface area contributed by atoms with Crippen LogP contribution in [0, 0.1) is 0 Å². The molecule has 0 atom stereocenters. The van der Waals surface area contributed by atoms with Gasteiger partial charge in [0, 0.05) is 19.0 Å². The van der Waals surface area contributed by atoms with Crippen LogP contribution in [-0.4, -0.2) is 18.0 Å². The first kappa shape index (κ1) is 24.1. The van der Waals surface area contributed by atoms with Crippen molar-refractivity contribution < 1.29 is 14.4 Å². The number of anilines is 1. The van der Waals surface area contributed by atoms with Gasteiger partial charge in [-0.25, -0.2) is 0 Å². The molecule has 3 aromatic carbocycles. The lowest BCUT2D eigenvalue weighted by Gasteiger charge is -2.23. The summed E-state index contributed by atoms with van der Waals surface area (Å²) in [6.07, 6.45) is 2.19. The van der Waals surface area contributed by atoms with E-state index in [-0.39, 0.29) is 5.41 Å². The maximum absolute atomic E-state index is 12.7. The average molecular weight is 442 g/mol. The third-order valence-electron chi connectivity index (χ3n) is 5.72. The number of Topliss-reactive ketones (excluding diaryl/α,β-unsaturated/α-hetero) is 1. The molecule has 3 rings (SSSR count). The molecule has 33 heavy (non-hydrogen) atoms. The zero-order chi connectivity index (χ0) is 24.0. The number of amides is 1. The van der Waals surface area contributed by atoms with Gasteiger partial charge in [0.25, 0.3) is 5.91 Å². The summed E-state index contributed by atoms with van der Waals surface area (Å²) in [4.78, 5) is 36.7. The van der Waals surface area contributed by atoms with Crippen molar-refractivity contribution in [1.29, 1.82) is 0 Å². The molecule has 0 heterocycles. The number of nitrogens with zero attached hydrogens (tertiary/aromatic N) is 1. The molecule has 0 aromatic heterocycles. The van der Waals surface area contributed by atoms with E-state index < -0.39 is 11.7 Å². The summed E-state index contributed by atoms with van der Waals surface area (Å²) in [5.41, 5.74) is 6.11. The molecule has 3 aromatic rings. The topological polar surface area (TPSA) is 54.5 Å². The number of carbonyl (C=O) groups excluding carboxylic acids is 3. The van der Waals surface area contributed by atoms with Gasteiger partial charge < -0.3 is 9.69 Å². The number of hydrogen-bond donors (Lipinski definition) is 0. The molecule has 0 bridgehead atoms. The van der Waals surface area contributed by atoms with Crippen LogP contribution >= 0.6 is 0 Å². The van der Waals surface area contributed by atoms with Gasteiger partial charge in [-0.15, -0.1) is 0 Å². The normalized spacial score (nSPS) is 11.2. The molecule has 0 N–H and O–H groups in total. The van der Waals surface area contributed by atoms with Crippen molar-refractivity contribution in [1.82, 2.24) is 0 Å². The van der Waals surface area contributed by atoms with Gasteiger partial charge in [-0.05, 0) is 51.8 Å². The molecule has 0 aliphatic rings. The van der Waals surface area contributed by atoms with E-state index >= 15 is 0 Å². The molecule has 4 nitrogen and oxygen atoms in total. The zero-order valence-electron chi connectivity index (χ0n) is 19.8. The van der Waals surface area contributed by atoms with E-state index in [1.165, 1.54) is 17.4 Å². The summed E-state index contributed by atoms with van der Waals surface area (Å²) < 4.78 is 0. The van der Waals surface area contributed by atoms with Crippen LogP contribution in [0.25, 0.3) is 11.1 Å². The highest BCUT2D eigenvalue weighted by Gasteiger charge is 2.21. The zero-order valence-corrected chi connectivity index (χ0v) is 19.8. The van der Waals surface area contributed by atoms with E-state index in [1.54, 1.807) is 0 Å². The third kappa shape index (κ3) is 6.26. The monoisotopic (exact) mass is 441 g/mol. The van der Waals surface area contributed by atoms with Gasteiger partial charge in [0.05, 0.1) is 6.54 Å². The fourth-order valence-electron chi connectivity index (χ4n) is 3.69. The molecule has 0 fully saturated rings. The number of carbonyl (C=O) groups is 3. The van der Waals surface area contributed by atoms with Crippen LogP contribution in [0.15, 0.2) is 72.8 Å². The summed E-state index contributed by atoms with van der Waals surface area (Å²) in [6.45, 7) is 8.11. The van der Waals surface area contributed by atoms with Crippen LogP contribution < -0.4 is 4.90 Å². The minimum Gasteiger partial charge on any atom is -0.303 e. The lowest BCUT2D eigenvalue weighted by Crippen LogP contribution is -2.35. The first-order valence-corrected chi connectivity index (χ1v) is 11.2. The van der Waals surface area contributed by atoms with Crippen molar-refractivity contribution in [3.05, 3.63) is 89.5 Å². The van der Waals surface area contributed by atoms with Crippen LogP contribution in [0.4, 0.5) is 5.69 Å². The van der Waals surface area contributed by atoms with Gasteiger partial charge in [-0.3, -0.25) is 9.59 Å². The van der Waals surface area contributed by atoms with Crippen molar-refractivity contribution in [3.63, 3.8) is 0 Å². The molecule has 0 saturated heterocycles. The Labute approximate surface area is 196 Å². The number of hydrogen-bond acceptors (Lipinski definition) is 3. The van der Waals surface area contributed by atoms with Crippen molar-refractivity contribution >= 4 is 23.7 Å². The number of ketones is 1. The van der Waals surface area contributed by atoms with E-state index in [9.17, 15) is 14.4 Å². The molecular formula is C29H31NO3. The van der Waals surface area contributed by atoms with Crippen LogP contribution in [0.3, 0.4) is 0 Å². The third-order valence-corrected chi connectivity index (χ3v) is 5.72. The molecule has 0 radical (unpaired) electrons. The fourth-order valence-corrected chi connectivity index (χ4v) is 3.69. The van der Waals surface area contributed by atoms with Gasteiger partial charge in [-0.1, -0.05) is 81.4 Å². The Balaban J connectivity index is 1.82. The number of aryl methyl sites for hydroxylation is 1. The maximum atomic E-state index is 12.7. The highest BCUT2D eigenvalue weighted by molar-refractivity contribution is 6.40. The minimum absolute atomic E-state index is 0.0515. The van der Waals surface area contributed by atoms with E-state index in [4.69, 9.17) is 0 Å². The van der Waals surface area contributed by atoms with Gasteiger partial charge in [0.15, 0.2) is 0 Å². The SMILES string of the molecule is CC(=O)C(=O)N(Cc1ccc(C(C)(C)C)cc1)c1ccc(-c2ccc(CCC=O)cc2)cc1. The Morgan fingerprint density at radius 2 is 1.30 bits per heavy atom. The van der Waals surface area contributed by atoms with Crippen LogP contribution in [0.1, 0.15) is 50.8 Å². The summed E-state index contributed by atoms with van der Waals surface area (Å²) in [5, 5.41) is 0. The predicted molar refractivity (Wildman–Crippen MR) is 133 cm³/mol. The Hall–Kier alpha value is -3.53. The second-order valence-electron chi connectivity index (χ2n) is 9.34. The largest absolute Gasteiger partial charge is 0.303 e. The predicted octanol–water partition coefficient (Wildman–Crippen LogP) is 5.90. The van der Waals surface area contributed by atoms with Gasteiger partial charge in [-0.2, -0.15) is 0 Å². The molecular weight excluding hydrogens is 410 g/mol. The maximum Gasteiger partial charge on any atom is 0.294 e. The first-order chi connectivity index (χ1) is 15.7. The quantitative estimate of drug-likeness (QED) is 0.323. The van der Waals surface area contributed by atoms with Crippen molar-refractivity contribution in [2.75, 3.05) is 4.90 Å². The fraction of sp³-hybridized carbons (Fsp3) is 0.276. The van der Waals surface area contributed by atoms with E-state index in [2.05, 4.69) is 32.9 Å². The van der Waals surface area contributed by atoms with Crippen molar-refractivity contribution in [2.45, 2.75) is 52.5 Å². The summed E-state index contributed by atoms with van der Waals surface area (Å²) in [7, 11) is 0. The van der Waals surface area contributed by atoms with Crippen LogP contribution in [0.2, 0.25) is 0 Å². The molecule has 0 spiro atoms. The number of aldehydes is 1. The van der Waals surface area contributed by atoms with Crippen molar-refractivity contribution in [3.8, 4) is 11.1 Å². The Bertz CT molecular complexity index is 1110. The van der Waals surface area contributed by atoms with E-state index in [0.29, 0.717) is 18.7 Å². The van der Waals surface area contributed by atoms with Crippen molar-refractivity contribution in [2.24, 2.45) is 0 Å². The molecule has 0 unspecified atom stereocenters. The van der Waals surface area contributed by atoms with E-state index in [1.807, 2.05) is 60.7 Å². The van der Waals surface area contributed by atoms with E-state index in [0.717, 1.165) is 35.0 Å². The number of benzene rings is 3. The van der Waals surface area contributed by atoms with Gasteiger partial charge in [0.2, 0.25) is 5.78 Å². The second-order valence-corrected chi connectivity index (χ2v) is 9.34. The van der Waals surface area contributed by atoms with Gasteiger partial charge >= 0.3 is 0 Å². The first-order valence-electron chi connectivity index (χ1n) is 11.2. The molecule has 0 aliphatic heterocycles. The standard InChI is InChI=1S/C29H31NO3/c1-21(32)28(33)30(20-23-9-15-26(16-10-23)29(2,3)4)27-17-13-25(14-18-27)24-11-7-22(8-12-24)6-5-19-31/h7-19H,5-6,20H2,1-4H3. The molecule has 4 heteroatoms. The Morgan fingerprint density at radius 1 is 0.788 bits per heavy atom. The number of rotatable bonds is 8. The minimum atomic E-state index is -0.526. The highest BCUT2D eigenvalue weighted by atomic mass is 16.2. The molecule has 1 amide bonds. The van der Waals surface area contributed by atoms with Crippen LogP contribution in [-0.2, 0) is 32.8 Å². The summed E-state index contributed by atoms with van der Waals surface area (Å²) >= 11 is 0. The van der Waals surface area contributed by atoms with Crippen LogP contribution in [0.5, 0.6) is 0 Å². The summed E-state index contributed by atoms with van der Waals surface area (Å²) in [5.74, 6) is -1.02. The lowest BCUT2D eigenvalue weighted by atomic mass is 9.87. The Kier molecular flexibility index (Phi) is 7.59. The smallest absolute Gasteiger partial charge is 0.294 e.